The van der Waals surface area contributed by atoms with Crippen LogP contribution in [0.5, 0.6) is 0 Å². The molecule has 0 atom stereocenters. The summed E-state index contributed by atoms with van der Waals surface area (Å²) in [4.78, 5) is 21.1. The van der Waals surface area contributed by atoms with E-state index in [-0.39, 0.29) is 5.70 Å². The van der Waals surface area contributed by atoms with Crippen LogP contribution < -0.4 is 0 Å². The molecule has 0 saturated carbocycles. The molecule has 0 radical (unpaired) electrons. The van der Waals surface area contributed by atoms with Gasteiger partial charge in [-0.3, -0.25) is 4.79 Å². The smallest absolute Gasteiger partial charge is 0.214 e. The van der Waals surface area contributed by atoms with Crippen LogP contribution >= 0.6 is 0 Å². The Labute approximate surface area is 69.7 Å². The normalized spacial score (nSPS) is 9.00. The number of hydrogen-bond donors (Lipinski definition) is 0. The van der Waals surface area contributed by atoms with Crippen LogP contribution in [0.2, 0.25) is 0 Å². The van der Waals surface area contributed by atoms with Crippen molar-refractivity contribution in [1.82, 2.24) is 0 Å². The Balaban J connectivity index is 2.93. The third-order valence-corrected chi connectivity index (χ3v) is 1.41. The number of hydrogen-bond acceptors (Lipinski definition) is 3. The zero-order chi connectivity index (χ0) is 8.97. The largest absolute Gasteiger partial charge is 0.287 e. The highest BCUT2D eigenvalue weighted by Gasteiger charge is 2.08. The van der Waals surface area contributed by atoms with Gasteiger partial charge in [-0.25, -0.2) is 0 Å². The van der Waals surface area contributed by atoms with Crippen LogP contribution in [0.15, 0.2) is 47.8 Å². The maximum Gasteiger partial charge on any atom is 0.214 e. The molecule has 0 saturated heterocycles. The van der Waals surface area contributed by atoms with Crippen molar-refractivity contribution in [2.75, 3.05) is 0 Å². The highest BCUT2D eigenvalue weighted by Crippen LogP contribution is 2.06. The molecule has 60 valence electrons. The van der Waals surface area contributed by atoms with E-state index in [4.69, 9.17) is 0 Å². The Kier molecular flexibility index (Phi) is 2.48. The summed E-state index contributed by atoms with van der Waals surface area (Å²) >= 11 is 0. The van der Waals surface area contributed by atoms with Gasteiger partial charge in [-0.1, -0.05) is 36.9 Å². The molecule has 0 aliphatic carbocycles. The first kappa shape index (κ1) is 8.33. The van der Waals surface area contributed by atoms with Crippen molar-refractivity contribution in [3.05, 3.63) is 53.1 Å². The van der Waals surface area contributed by atoms with Crippen molar-refractivity contribution in [3.63, 3.8) is 0 Å². The molecule has 1 aromatic rings. The average molecular weight is 161 g/mol. The predicted molar refractivity (Wildman–Crippen MR) is 45.7 cm³/mol. The lowest BCUT2D eigenvalue weighted by Crippen LogP contribution is -1.98. The number of benzene rings is 1. The van der Waals surface area contributed by atoms with E-state index in [1.807, 2.05) is 0 Å². The Morgan fingerprint density at radius 2 is 1.83 bits per heavy atom. The minimum Gasteiger partial charge on any atom is -0.287 e. The number of carbonyl (C=O) groups excluding carboxylic acids is 1. The quantitative estimate of drug-likeness (QED) is 0.387. The van der Waals surface area contributed by atoms with Gasteiger partial charge in [-0.05, 0) is 5.18 Å². The highest BCUT2D eigenvalue weighted by molar-refractivity contribution is 6.07. The molecule has 0 unspecified atom stereocenters. The Morgan fingerprint density at radius 3 is 2.33 bits per heavy atom. The molecule has 12 heavy (non-hydrogen) atoms. The summed E-state index contributed by atoms with van der Waals surface area (Å²) < 4.78 is 0. The molecule has 0 aliphatic rings. The van der Waals surface area contributed by atoms with E-state index >= 15 is 0 Å². The van der Waals surface area contributed by atoms with Crippen molar-refractivity contribution in [3.8, 4) is 0 Å². The molecule has 3 heteroatoms. The molecule has 0 amide bonds. The highest BCUT2D eigenvalue weighted by atomic mass is 16.3. The Bertz CT molecular complexity index is 317. The third kappa shape index (κ3) is 1.63. The minimum absolute atomic E-state index is 0.263. The number of Topliss-reactive ketones (excluding diaryl/α,β-unsaturated/α-hetero) is 1. The fourth-order valence-corrected chi connectivity index (χ4v) is 0.798. The average Bonchev–Trinajstić information content (AvgIpc) is 2.17. The van der Waals surface area contributed by atoms with E-state index in [0.717, 1.165) is 0 Å². The fourth-order valence-electron chi connectivity index (χ4n) is 0.798. The number of nitrogens with zero attached hydrogens (tertiary/aromatic N) is 1. The first-order chi connectivity index (χ1) is 5.75. The fraction of sp³-hybridized carbons (Fsp3) is 0. The summed E-state index contributed by atoms with van der Waals surface area (Å²) in [5, 5.41) is 2.47. The monoisotopic (exact) mass is 161 g/mol. The van der Waals surface area contributed by atoms with Gasteiger partial charge in [-0.15, -0.1) is 4.91 Å². The van der Waals surface area contributed by atoms with Gasteiger partial charge < -0.3 is 0 Å². The summed E-state index contributed by atoms with van der Waals surface area (Å²) in [7, 11) is 0. The SMILES string of the molecule is C=C(N=O)C(=O)c1ccccc1. The van der Waals surface area contributed by atoms with Crippen molar-refractivity contribution in [2.45, 2.75) is 0 Å². The van der Waals surface area contributed by atoms with Crippen molar-refractivity contribution in [1.29, 1.82) is 0 Å². The zero-order valence-electron chi connectivity index (χ0n) is 6.36. The Hall–Kier alpha value is -1.77. The van der Waals surface area contributed by atoms with Crippen LogP contribution in [0.25, 0.3) is 0 Å². The lowest BCUT2D eigenvalue weighted by atomic mass is 10.1. The van der Waals surface area contributed by atoms with Crippen LogP contribution in [-0.4, -0.2) is 5.78 Å². The topological polar surface area (TPSA) is 46.5 Å². The lowest BCUT2D eigenvalue weighted by molar-refractivity contribution is 0.103. The van der Waals surface area contributed by atoms with Gasteiger partial charge in [0, 0.05) is 5.56 Å². The molecule has 1 rings (SSSR count). The third-order valence-electron chi connectivity index (χ3n) is 1.41. The maximum atomic E-state index is 11.2. The second-order valence-electron chi connectivity index (χ2n) is 2.23. The molecule has 3 nitrogen and oxygen atoms in total. The molecule has 0 aromatic heterocycles. The lowest BCUT2D eigenvalue weighted by Gasteiger charge is -1.94. The van der Waals surface area contributed by atoms with Crippen LogP contribution in [-0.2, 0) is 0 Å². The van der Waals surface area contributed by atoms with Gasteiger partial charge in [-0.2, -0.15) is 0 Å². The van der Waals surface area contributed by atoms with Crippen LogP contribution in [0.4, 0.5) is 0 Å². The summed E-state index contributed by atoms with van der Waals surface area (Å²) in [6, 6.07) is 8.43. The molecule has 0 N–H and O–H groups in total. The molecule has 0 aliphatic heterocycles. The number of rotatable bonds is 3. The molecule has 0 fully saturated rings. The molecular weight excluding hydrogens is 154 g/mol. The van der Waals surface area contributed by atoms with Gasteiger partial charge in [0.15, 0.2) is 0 Å². The number of carbonyl (C=O) groups is 1. The summed E-state index contributed by atoms with van der Waals surface area (Å²) in [6.07, 6.45) is 0. The van der Waals surface area contributed by atoms with E-state index in [1.54, 1.807) is 30.3 Å². The summed E-state index contributed by atoms with van der Waals surface area (Å²) in [5.41, 5.74) is 0.170. The van der Waals surface area contributed by atoms with Crippen LogP contribution in [0.1, 0.15) is 10.4 Å². The first-order valence-electron chi connectivity index (χ1n) is 3.37. The van der Waals surface area contributed by atoms with Crippen molar-refractivity contribution < 1.29 is 4.79 Å². The summed E-state index contributed by atoms with van der Waals surface area (Å²) in [6.45, 7) is 3.22. The number of nitroso groups, excluding NO2 is 1. The minimum atomic E-state index is -0.425. The number of allylic oxidation sites excluding steroid dienone is 1. The van der Waals surface area contributed by atoms with Crippen molar-refractivity contribution >= 4 is 5.78 Å². The first-order valence-corrected chi connectivity index (χ1v) is 3.37. The maximum absolute atomic E-state index is 11.2. The van der Waals surface area contributed by atoms with Crippen molar-refractivity contribution in [2.24, 2.45) is 5.18 Å². The summed E-state index contributed by atoms with van der Waals surface area (Å²) in [5.74, 6) is -0.425. The Morgan fingerprint density at radius 1 is 1.25 bits per heavy atom. The van der Waals surface area contributed by atoms with Gasteiger partial charge >= 0.3 is 0 Å². The molecule has 0 heterocycles. The molecular formula is C9H7NO2. The van der Waals surface area contributed by atoms with Gasteiger partial charge in [0.05, 0.1) is 0 Å². The van der Waals surface area contributed by atoms with E-state index in [1.165, 1.54) is 0 Å². The van der Waals surface area contributed by atoms with Crippen LogP contribution in [0.3, 0.4) is 0 Å². The number of ketones is 1. The van der Waals surface area contributed by atoms with E-state index in [9.17, 15) is 9.70 Å². The molecule has 0 spiro atoms. The zero-order valence-corrected chi connectivity index (χ0v) is 6.36. The second kappa shape index (κ2) is 3.57. The predicted octanol–water partition coefficient (Wildman–Crippen LogP) is 2.15. The second-order valence-corrected chi connectivity index (χ2v) is 2.23. The van der Waals surface area contributed by atoms with Gasteiger partial charge in [0.2, 0.25) is 5.78 Å². The molecule has 1 aromatic carbocycles. The van der Waals surface area contributed by atoms with E-state index < -0.39 is 5.78 Å². The van der Waals surface area contributed by atoms with Gasteiger partial charge in [0.1, 0.15) is 5.70 Å². The molecule has 0 bridgehead atoms. The van der Waals surface area contributed by atoms with E-state index in [0.29, 0.717) is 5.56 Å². The van der Waals surface area contributed by atoms with E-state index in [2.05, 4.69) is 11.8 Å². The van der Waals surface area contributed by atoms with Crippen LogP contribution in [0, 0.1) is 4.91 Å². The standard InChI is InChI=1S/C9H7NO2/c1-7(10-12)9(11)8-5-3-2-4-6-8/h2-6H,1H2. The van der Waals surface area contributed by atoms with Gasteiger partial charge in [0.25, 0.3) is 0 Å².